The molecular weight excluding hydrogens is 316 g/mol. The second-order valence-electron chi connectivity index (χ2n) is 6.18. The Morgan fingerprint density at radius 1 is 1.17 bits per heavy atom. The lowest BCUT2D eigenvalue weighted by Gasteiger charge is -2.26. The molecule has 1 aliphatic heterocycles. The van der Waals surface area contributed by atoms with Crippen molar-refractivity contribution in [2.45, 2.75) is 19.4 Å². The number of amides is 1. The van der Waals surface area contributed by atoms with Gasteiger partial charge < -0.3 is 10.2 Å². The number of fused-ring (bicyclic) bond motifs is 1. The van der Waals surface area contributed by atoms with Gasteiger partial charge in [-0.05, 0) is 59.7 Å². The number of carbonyl (C=O) groups excluding carboxylic acids is 1. The molecule has 1 aromatic carbocycles. The van der Waals surface area contributed by atoms with Crippen molar-refractivity contribution in [1.82, 2.24) is 10.2 Å². The summed E-state index contributed by atoms with van der Waals surface area (Å²) in [7, 11) is 0. The molecule has 4 rings (SSSR count). The van der Waals surface area contributed by atoms with Gasteiger partial charge in [-0.3, -0.25) is 4.79 Å². The largest absolute Gasteiger partial charge is 0.371 e. The van der Waals surface area contributed by atoms with E-state index in [4.69, 9.17) is 0 Å². The van der Waals surface area contributed by atoms with Crippen molar-refractivity contribution in [2.24, 2.45) is 0 Å². The van der Waals surface area contributed by atoms with E-state index in [9.17, 15) is 4.79 Å². The van der Waals surface area contributed by atoms with Gasteiger partial charge in [-0.25, -0.2) is 0 Å². The van der Waals surface area contributed by atoms with Gasteiger partial charge in [0.15, 0.2) is 0 Å². The number of rotatable bonds is 4. The summed E-state index contributed by atoms with van der Waals surface area (Å²) in [5, 5.41) is 5.04. The molecule has 0 atom stereocenters. The van der Waals surface area contributed by atoms with Crippen LogP contribution in [0.25, 0.3) is 0 Å². The van der Waals surface area contributed by atoms with Crippen molar-refractivity contribution >= 4 is 17.2 Å². The molecule has 1 aromatic heterocycles. The Balaban J connectivity index is 1.43. The minimum Gasteiger partial charge on any atom is -0.371 e. The Bertz CT molecular complexity index is 805. The van der Waals surface area contributed by atoms with E-state index in [-0.39, 0.29) is 5.91 Å². The Hall–Kier alpha value is -2.33. The van der Waals surface area contributed by atoms with Crippen LogP contribution in [0, 0.1) is 0 Å². The molecule has 1 amide bonds. The fourth-order valence-corrected chi connectivity index (χ4v) is 3.84. The quantitative estimate of drug-likeness (QED) is 0.926. The number of hydrogen-bond donors (Lipinski definition) is 1. The van der Waals surface area contributed by atoms with Crippen LogP contribution in [0.5, 0.6) is 0 Å². The molecule has 0 bridgehead atoms. The first kappa shape index (κ1) is 15.2. The lowest BCUT2D eigenvalue weighted by molar-refractivity contribution is 0.0951. The highest BCUT2D eigenvalue weighted by Crippen LogP contribution is 2.22. The highest BCUT2D eigenvalue weighted by atomic mass is 32.1. The molecule has 0 fully saturated rings. The minimum atomic E-state index is 0.0111. The Morgan fingerprint density at radius 3 is 2.71 bits per heavy atom. The maximum Gasteiger partial charge on any atom is 0.251 e. The molecule has 2 heterocycles. The summed E-state index contributed by atoms with van der Waals surface area (Å²) >= 11 is 1.67. The fourth-order valence-electron chi connectivity index (χ4n) is 3.20. The third-order valence-electron chi connectivity index (χ3n) is 4.67. The minimum absolute atomic E-state index is 0.0111. The van der Waals surface area contributed by atoms with Crippen LogP contribution < -0.4 is 5.32 Å². The van der Waals surface area contributed by atoms with Crippen molar-refractivity contribution < 1.29 is 4.79 Å². The molecule has 0 saturated carbocycles. The predicted octanol–water partition coefficient (Wildman–Crippen LogP) is 3.53. The molecule has 0 radical (unpaired) electrons. The molecule has 2 aromatic rings. The summed E-state index contributed by atoms with van der Waals surface area (Å²) in [4.78, 5) is 16.0. The van der Waals surface area contributed by atoms with Gasteiger partial charge in [0.1, 0.15) is 0 Å². The molecule has 1 N–H and O–H groups in total. The number of thiophene rings is 1. The zero-order chi connectivity index (χ0) is 16.4. The molecule has 0 saturated heterocycles. The van der Waals surface area contributed by atoms with E-state index in [1.54, 1.807) is 11.3 Å². The molecular formula is C20H20N2OS. The number of hydrogen-bond acceptors (Lipinski definition) is 3. The van der Waals surface area contributed by atoms with Gasteiger partial charge in [-0.1, -0.05) is 18.2 Å². The van der Waals surface area contributed by atoms with Crippen LogP contribution >= 0.6 is 11.3 Å². The highest BCUT2D eigenvalue weighted by Gasteiger charge is 2.17. The standard InChI is InChI=1S/C20H20N2OS/c23-20(21-14-19-5-2-12-24-19)17-7-6-15-8-10-22(18-3-1-4-18)11-9-16(15)13-17/h1-7,12-13H,8-11,14H2,(H,21,23). The van der Waals surface area contributed by atoms with Crippen molar-refractivity contribution in [3.63, 3.8) is 0 Å². The van der Waals surface area contributed by atoms with Crippen LogP contribution in [-0.4, -0.2) is 23.9 Å². The summed E-state index contributed by atoms with van der Waals surface area (Å²) in [5.41, 5.74) is 4.78. The highest BCUT2D eigenvalue weighted by molar-refractivity contribution is 7.09. The van der Waals surface area contributed by atoms with Gasteiger partial charge >= 0.3 is 0 Å². The van der Waals surface area contributed by atoms with E-state index in [0.29, 0.717) is 6.54 Å². The number of allylic oxidation sites excluding steroid dienone is 3. The average Bonchev–Trinajstić information content (AvgIpc) is 2.99. The van der Waals surface area contributed by atoms with Crippen molar-refractivity contribution in [3.8, 4) is 0 Å². The smallest absolute Gasteiger partial charge is 0.251 e. The van der Waals surface area contributed by atoms with Gasteiger partial charge in [0.2, 0.25) is 0 Å². The Labute approximate surface area is 146 Å². The van der Waals surface area contributed by atoms with E-state index in [1.165, 1.54) is 21.7 Å². The maximum atomic E-state index is 12.4. The van der Waals surface area contributed by atoms with Gasteiger partial charge in [-0.15, -0.1) is 11.3 Å². The monoisotopic (exact) mass is 336 g/mol. The zero-order valence-electron chi connectivity index (χ0n) is 13.5. The molecule has 2 aliphatic rings. The number of carbonyl (C=O) groups is 1. The number of benzene rings is 1. The molecule has 122 valence electrons. The summed E-state index contributed by atoms with van der Waals surface area (Å²) in [6, 6.07) is 10.2. The molecule has 1 aliphatic carbocycles. The van der Waals surface area contributed by atoms with Crippen LogP contribution in [0.4, 0.5) is 0 Å². The fraction of sp³-hybridized carbons (Fsp3) is 0.250. The summed E-state index contributed by atoms with van der Waals surface area (Å²) in [6.45, 7) is 2.67. The SMILES string of the molecule is O=C(NCc1cccs1)c1ccc2c(c1)CCN(C1=CC=C1)CC2. The van der Waals surface area contributed by atoms with E-state index in [0.717, 1.165) is 31.5 Å². The van der Waals surface area contributed by atoms with E-state index >= 15 is 0 Å². The van der Waals surface area contributed by atoms with Gasteiger partial charge in [0.05, 0.1) is 6.54 Å². The van der Waals surface area contributed by atoms with Crippen molar-refractivity contribution in [2.75, 3.05) is 13.1 Å². The number of nitrogens with zero attached hydrogens (tertiary/aromatic N) is 1. The van der Waals surface area contributed by atoms with Crippen LogP contribution in [-0.2, 0) is 19.4 Å². The second-order valence-corrected chi connectivity index (χ2v) is 7.22. The topological polar surface area (TPSA) is 32.3 Å². The molecule has 4 heteroatoms. The predicted molar refractivity (Wildman–Crippen MR) is 98.1 cm³/mol. The summed E-state index contributed by atoms with van der Waals surface area (Å²) in [5.74, 6) is 0.0111. The Morgan fingerprint density at radius 2 is 2.00 bits per heavy atom. The first-order valence-corrected chi connectivity index (χ1v) is 9.23. The zero-order valence-corrected chi connectivity index (χ0v) is 14.3. The second kappa shape index (κ2) is 6.65. The normalized spacial score (nSPS) is 16.0. The third kappa shape index (κ3) is 3.15. The maximum absolute atomic E-state index is 12.4. The molecule has 3 nitrogen and oxygen atoms in total. The van der Waals surface area contributed by atoms with Gasteiger partial charge in [0, 0.05) is 29.2 Å². The Kier molecular flexibility index (Phi) is 4.22. The van der Waals surface area contributed by atoms with Crippen molar-refractivity contribution in [1.29, 1.82) is 0 Å². The third-order valence-corrected chi connectivity index (χ3v) is 5.55. The van der Waals surface area contributed by atoms with Crippen molar-refractivity contribution in [3.05, 3.63) is 81.2 Å². The first-order chi connectivity index (χ1) is 11.8. The van der Waals surface area contributed by atoms with E-state index in [1.807, 2.05) is 23.6 Å². The van der Waals surface area contributed by atoms with Crippen LogP contribution in [0.15, 0.2) is 59.6 Å². The lowest BCUT2D eigenvalue weighted by atomic mass is 10.00. The molecule has 0 spiro atoms. The lowest BCUT2D eigenvalue weighted by Crippen LogP contribution is -2.26. The van der Waals surface area contributed by atoms with Gasteiger partial charge in [0.25, 0.3) is 5.91 Å². The first-order valence-electron chi connectivity index (χ1n) is 8.35. The average molecular weight is 336 g/mol. The van der Waals surface area contributed by atoms with E-state index < -0.39 is 0 Å². The van der Waals surface area contributed by atoms with Crippen LogP contribution in [0.1, 0.15) is 26.4 Å². The van der Waals surface area contributed by atoms with Crippen LogP contribution in [0.3, 0.4) is 0 Å². The summed E-state index contributed by atoms with van der Waals surface area (Å²) in [6.07, 6.45) is 8.45. The van der Waals surface area contributed by atoms with Crippen LogP contribution in [0.2, 0.25) is 0 Å². The summed E-state index contributed by atoms with van der Waals surface area (Å²) < 4.78 is 0. The molecule has 24 heavy (non-hydrogen) atoms. The number of nitrogens with one attached hydrogen (secondary N) is 1. The van der Waals surface area contributed by atoms with Gasteiger partial charge in [-0.2, -0.15) is 0 Å². The van der Waals surface area contributed by atoms with E-state index in [2.05, 4.69) is 40.6 Å². The molecule has 0 unspecified atom stereocenters.